The maximum atomic E-state index is 12.2. The highest BCUT2D eigenvalue weighted by Crippen LogP contribution is 2.37. The first-order chi connectivity index (χ1) is 10.6. The number of carboxylic acid groups (broad SMARTS) is 1. The number of hydrogen-bond donors (Lipinski definition) is 1. The highest BCUT2D eigenvalue weighted by molar-refractivity contribution is 6.31. The van der Waals surface area contributed by atoms with Gasteiger partial charge < -0.3 is 14.7 Å². The maximum absolute atomic E-state index is 12.2. The highest BCUT2D eigenvalue weighted by atomic mass is 35.5. The van der Waals surface area contributed by atoms with Crippen LogP contribution in [-0.4, -0.2) is 40.8 Å². The van der Waals surface area contributed by atoms with Crippen molar-refractivity contribution < 1.29 is 19.4 Å². The predicted octanol–water partition coefficient (Wildman–Crippen LogP) is 3.68. The molecule has 2 rings (SSSR count). The summed E-state index contributed by atoms with van der Waals surface area (Å²) in [6, 6.07) is 5.55. The van der Waals surface area contributed by atoms with Gasteiger partial charge in [0.15, 0.2) is 0 Å². The smallest absolute Gasteiger partial charge is 0.410 e. The van der Waals surface area contributed by atoms with Crippen molar-refractivity contribution >= 4 is 23.7 Å². The molecule has 0 unspecified atom stereocenters. The lowest BCUT2D eigenvalue weighted by Gasteiger charge is -2.24. The van der Waals surface area contributed by atoms with Crippen molar-refractivity contribution in [1.29, 1.82) is 0 Å². The van der Waals surface area contributed by atoms with E-state index >= 15 is 0 Å². The van der Waals surface area contributed by atoms with Gasteiger partial charge in [-0.05, 0) is 44.9 Å². The van der Waals surface area contributed by atoms with Gasteiger partial charge >= 0.3 is 12.1 Å². The summed E-state index contributed by atoms with van der Waals surface area (Å²) in [6.45, 7) is 7.68. The van der Waals surface area contributed by atoms with Gasteiger partial charge in [-0.1, -0.05) is 23.7 Å². The van der Waals surface area contributed by atoms with Crippen LogP contribution in [0.15, 0.2) is 18.2 Å². The van der Waals surface area contributed by atoms with Gasteiger partial charge in [-0.25, -0.2) is 4.79 Å². The summed E-state index contributed by atoms with van der Waals surface area (Å²) in [6.07, 6.45) is -0.491. The molecule has 23 heavy (non-hydrogen) atoms. The quantitative estimate of drug-likeness (QED) is 0.892. The molecule has 5 nitrogen and oxygen atoms in total. The molecule has 1 N–H and O–H groups in total. The molecule has 1 aliphatic heterocycles. The molecule has 0 radical (unpaired) electrons. The summed E-state index contributed by atoms with van der Waals surface area (Å²) in [5.41, 5.74) is 1.15. The van der Waals surface area contributed by atoms with E-state index in [1.165, 1.54) is 4.90 Å². The second-order valence-corrected chi connectivity index (χ2v) is 7.37. The minimum Gasteiger partial charge on any atom is -0.481 e. The van der Waals surface area contributed by atoms with Gasteiger partial charge in [0.2, 0.25) is 0 Å². The Labute approximate surface area is 141 Å². The first-order valence-electron chi connectivity index (χ1n) is 7.55. The molecule has 0 aromatic heterocycles. The molecular formula is C17H22ClNO4. The number of ether oxygens (including phenoxy) is 1. The zero-order valence-electron chi connectivity index (χ0n) is 13.8. The number of amides is 1. The number of carbonyl (C=O) groups excluding carboxylic acids is 1. The van der Waals surface area contributed by atoms with Gasteiger partial charge in [0, 0.05) is 24.0 Å². The molecule has 0 bridgehead atoms. The van der Waals surface area contributed by atoms with Crippen LogP contribution in [0.5, 0.6) is 0 Å². The van der Waals surface area contributed by atoms with Crippen LogP contribution in [0.4, 0.5) is 4.79 Å². The SMILES string of the molecule is Cc1ccc([C@H]2CN(C(=O)OC(C)(C)C)C[C@H]2C(=O)O)c(Cl)c1. The van der Waals surface area contributed by atoms with Crippen molar-refractivity contribution in [2.45, 2.75) is 39.2 Å². The molecule has 6 heteroatoms. The Balaban J connectivity index is 2.25. The standard InChI is InChI=1S/C17H22ClNO4/c1-10-5-6-11(14(18)7-10)12-8-19(9-13(12)15(20)21)16(22)23-17(2,3)4/h5-7,12-13H,8-9H2,1-4H3,(H,20,21)/t12-,13-/m1/s1. The summed E-state index contributed by atoms with van der Waals surface area (Å²) >= 11 is 6.29. The van der Waals surface area contributed by atoms with E-state index in [9.17, 15) is 14.7 Å². The number of aliphatic carboxylic acids is 1. The Hall–Kier alpha value is -1.75. The van der Waals surface area contributed by atoms with Gasteiger partial charge in [0.25, 0.3) is 0 Å². The fraction of sp³-hybridized carbons (Fsp3) is 0.529. The Kier molecular flexibility index (Phi) is 4.90. The zero-order valence-corrected chi connectivity index (χ0v) is 14.6. The summed E-state index contributed by atoms with van der Waals surface area (Å²) < 4.78 is 5.34. The number of likely N-dealkylation sites (tertiary alicyclic amines) is 1. The summed E-state index contributed by atoms with van der Waals surface area (Å²) in [7, 11) is 0. The highest BCUT2D eigenvalue weighted by Gasteiger charge is 2.42. The number of benzene rings is 1. The molecule has 126 valence electrons. The van der Waals surface area contributed by atoms with Crippen molar-refractivity contribution in [2.75, 3.05) is 13.1 Å². The van der Waals surface area contributed by atoms with Crippen LogP contribution in [0.2, 0.25) is 5.02 Å². The van der Waals surface area contributed by atoms with Crippen molar-refractivity contribution in [1.82, 2.24) is 4.90 Å². The van der Waals surface area contributed by atoms with Crippen LogP contribution >= 0.6 is 11.6 Å². The fourth-order valence-electron chi connectivity index (χ4n) is 2.78. The molecule has 0 spiro atoms. The van der Waals surface area contributed by atoms with Gasteiger partial charge in [0.05, 0.1) is 5.92 Å². The van der Waals surface area contributed by atoms with Crippen molar-refractivity contribution in [2.24, 2.45) is 5.92 Å². The number of rotatable bonds is 2. The molecule has 1 saturated heterocycles. The van der Waals surface area contributed by atoms with Crippen LogP contribution in [0.25, 0.3) is 0 Å². The van der Waals surface area contributed by atoms with Crippen LogP contribution in [0.3, 0.4) is 0 Å². The average Bonchev–Trinajstić information content (AvgIpc) is 2.81. The molecule has 1 aliphatic rings. The summed E-state index contributed by atoms with van der Waals surface area (Å²) in [4.78, 5) is 25.3. The molecule has 0 saturated carbocycles. The van der Waals surface area contributed by atoms with Gasteiger partial charge in [-0.15, -0.1) is 0 Å². The summed E-state index contributed by atoms with van der Waals surface area (Å²) in [5.74, 6) is -1.96. The molecule has 1 aromatic rings. The van der Waals surface area contributed by atoms with Gasteiger partial charge in [0.1, 0.15) is 5.60 Å². The minimum absolute atomic E-state index is 0.124. The van der Waals surface area contributed by atoms with Crippen molar-refractivity contribution in [3.63, 3.8) is 0 Å². The number of hydrogen-bond acceptors (Lipinski definition) is 3. The second kappa shape index (κ2) is 6.40. The number of aryl methyl sites for hydroxylation is 1. The third-order valence-corrected chi connectivity index (χ3v) is 4.17. The zero-order chi connectivity index (χ0) is 17.4. The number of carbonyl (C=O) groups is 2. The average molecular weight is 340 g/mol. The summed E-state index contributed by atoms with van der Waals surface area (Å²) in [5, 5.41) is 10.0. The third-order valence-electron chi connectivity index (χ3n) is 3.84. The minimum atomic E-state index is -0.933. The Morgan fingerprint density at radius 3 is 2.48 bits per heavy atom. The van der Waals surface area contributed by atoms with Crippen LogP contribution < -0.4 is 0 Å². The van der Waals surface area contributed by atoms with E-state index in [1.54, 1.807) is 20.8 Å². The number of carboxylic acids is 1. The lowest BCUT2D eigenvalue weighted by molar-refractivity contribution is -0.141. The topological polar surface area (TPSA) is 66.8 Å². The normalized spacial score (nSPS) is 21.3. The molecular weight excluding hydrogens is 318 g/mol. The van der Waals surface area contributed by atoms with E-state index in [-0.39, 0.29) is 19.0 Å². The molecule has 1 heterocycles. The van der Waals surface area contributed by atoms with E-state index in [1.807, 2.05) is 25.1 Å². The third kappa shape index (κ3) is 4.16. The Morgan fingerprint density at radius 1 is 1.30 bits per heavy atom. The van der Waals surface area contributed by atoms with E-state index in [4.69, 9.17) is 16.3 Å². The van der Waals surface area contributed by atoms with E-state index in [2.05, 4.69) is 0 Å². The number of halogens is 1. The van der Waals surface area contributed by atoms with E-state index in [0.717, 1.165) is 11.1 Å². The largest absolute Gasteiger partial charge is 0.481 e. The van der Waals surface area contributed by atoms with E-state index in [0.29, 0.717) is 5.02 Å². The van der Waals surface area contributed by atoms with Crippen LogP contribution in [-0.2, 0) is 9.53 Å². The van der Waals surface area contributed by atoms with Gasteiger partial charge in [-0.3, -0.25) is 4.79 Å². The Bertz CT molecular complexity index is 624. The second-order valence-electron chi connectivity index (χ2n) is 6.96. The van der Waals surface area contributed by atoms with Crippen molar-refractivity contribution in [3.8, 4) is 0 Å². The number of nitrogens with zero attached hydrogens (tertiary/aromatic N) is 1. The lowest BCUT2D eigenvalue weighted by Crippen LogP contribution is -2.35. The first-order valence-corrected chi connectivity index (χ1v) is 7.93. The monoisotopic (exact) mass is 339 g/mol. The van der Waals surface area contributed by atoms with Gasteiger partial charge in [-0.2, -0.15) is 0 Å². The van der Waals surface area contributed by atoms with Crippen molar-refractivity contribution in [3.05, 3.63) is 34.3 Å². The van der Waals surface area contributed by atoms with E-state index < -0.39 is 23.6 Å². The Morgan fingerprint density at radius 2 is 1.96 bits per heavy atom. The first kappa shape index (κ1) is 17.6. The fourth-order valence-corrected chi connectivity index (χ4v) is 3.15. The lowest BCUT2D eigenvalue weighted by atomic mass is 9.88. The van der Waals surface area contributed by atoms with Crippen LogP contribution in [0.1, 0.15) is 37.8 Å². The molecule has 1 aromatic carbocycles. The molecule has 1 amide bonds. The molecule has 2 atom stereocenters. The molecule has 0 aliphatic carbocycles. The molecule has 1 fully saturated rings. The predicted molar refractivity (Wildman–Crippen MR) is 87.9 cm³/mol. The maximum Gasteiger partial charge on any atom is 0.410 e. The van der Waals surface area contributed by atoms with Crippen LogP contribution in [0, 0.1) is 12.8 Å².